The fourth-order valence-electron chi connectivity index (χ4n) is 3.73. The van der Waals surface area contributed by atoms with Gasteiger partial charge in [0.05, 0.1) is 35.3 Å². The summed E-state index contributed by atoms with van der Waals surface area (Å²) < 4.78 is 6.24. The Hall–Kier alpha value is -1.25. The summed E-state index contributed by atoms with van der Waals surface area (Å²) in [5, 5.41) is 4.29. The van der Waals surface area contributed by atoms with Gasteiger partial charge in [-0.25, -0.2) is 0 Å². The highest BCUT2D eigenvalue weighted by Crippen LogP contribution is 2.42. The van der Waals surface area contributed by atoms with Crippen molar-refractivity contribution < 1.29 is 4.74 Å². The first-order valence-electron chi connectivity index (χ1n) is 9.26. The molecule has 0 spiro atoms. The summed E-state index contributed by atoms with van der Waals surface area (Å²) in [6.07, 6.45) is 2.89. The summed E-state index contributed by atoms with van der Waals surface area (Å²) in [7, 11) is 0. The van der Waals surface area contributed by atoms with Gasteiger partial charge >= 0.3 is 0 Å². The van der Waals surface area contributed by atoms with Crippen LogP contribution in [0.2, 0.25) is 4.34 Å². The molecule has 2 aliphatic rings. The van der Waals surface area contributed by atoms with E-state index in [9.17, 15) is 0 Å². The average Bonchev–Trinajstić information content (AvgIpc) is 3.27. The van der Waals surface area contributed by atoms with E-state index in [4.69, 9.17) is 28.6 Å². The van der Waals surface area contributed by atoms with Crippen molar-refractivity contribution in [1.29, 1.82) is 0 Å². The standard InChI is InChI=1S/C19H23ClN4OS2/c20-16-6-5-15(27-16)18-17(14-4-1-2-7-21-14)22-19(26)24(18)9-3-8-23-10-12-25-13-11-23/h1-2,4-7,17-18H,3,8-13H2,(H,22,26)/t17-,18+/m1/s1. The lowest BCUT2D eigenvalue weighted by molar-refractivity contribution is 0.0366. The number of nitrogens with zero attached hydrogens (tertiary/aromatic N) is 3. The van der Waals surface area contributed by atoms with E-state index in [1.165, 1.54) is 4.88 Å². The van der Waals surface area contributed by atoms with Gasteiger partial charge in [0.25, 0.3) is 0 Å². The zero-order valence-corrected chi connectivity index (χ0v) is 17.4. The second-order valence-electron chi connectivity index (χ2n) is 6.77. The molecule has 0 aliphatic carbocycles. The zero-order valence-electron chi connectivity index (χ0n) is 15.0. The third-order valence-electron chi connectivity index (χ3n) is 5.06. The maximum atomic E-state index is 6.24. The first kappa shape index (κ1) is 19.1. The van der Waals surface area contributed by atoms with Gasteiger partial charge in [0.2, 0.25) is 0 Å². The highest BCUT2D eigenvalue weighted by molar-refractivity contribution is 7.80. The molecular weight excluding hydrogens is 400 g/mol. The van der Waals surface area contributed by atoms with Crippen LogP contribution in [0.3, 0.4) is 0 Å². The monoisotopic (exact) mass is 422 g/mol. The molecule has 2 aliphatic heterocycles. The Morgan fingerprint density at radius 1 is 1.22 bits per heavy atom. The number of pyridine rings is 1. The number of thiophene rings is 1. The minimum atomic E-state index is 0.0387. The average molecular weight is 423 g/mol. The first-order valence-corrected chi connectivity index (χ1v) is 10.9. The molecule has 8 heteroatoms. The number of thiocarbonyl (C=S) groups is 1. The molecule has 4 heterocycles. The topological polar surface area (TPSA) is 40.6 Å². The summed E-state index contributed by atoms with van der Waals surface area (Å²) in [6.45, 7) is 5.68. The predicted molar refractivity (Wildman–Crippen MR) is 113 cm³/mol. The molecule has 0 amide bonds. The number of morpholine rings is 1. The minimum absolute atomic E-state index is 0.0387. The van der Waals surface area contributed by atoms with Crippen LogP contribution >= 0.6 is 35.2 Å². The maximum absolute atomic E-state index is 6.24. The van der Waals surface area contributed by atoms with Gasteiger partial charge in [-0.05, 0) is 42.9 Å². The Bertz CT molecular complexity index is 766. The van der Waals surface area contributed by atoms with E-state index in [0.717, 1.165) is 61.0 Å². The Kier molecular flexibility index (Phi) is 6.24. The Labute approximate surface area is 174 Å². The summed E-state index contributed by atoms with van der Waals surface area (Å²) in [5.74, 6) is 0. The lowest BCUT2D eigenvalue weighted by Gasteiger charge is -2.29. The van der Waals surface area contributed by atoms with Crippen LogP contribution in [0.1, 0.15) is 29.1 Å². The molecule has 1 N–H and O–H groups in total. The van der Waals surface area contributed by atoms with E-state index in [0.29, 0.717) is 0 Å². The number of halogens is 1. The molecule has 2 aromatic heterocycles. The predicted octanol–water partition coefficient (Wildman–Crippen LogP) is 3.49. The molecule has 27 heavy (non-hydrogen) atoms. The maximum Gasteiger partial charge on any atom is 0.170 e. The Morgan fingerprint density at radius 3 is 2.78 bits per heavy atom. The smallest absolute Gasteiger partial charge is 0.170 e. The van der Waals surface area contributed by atoms with Crippen LogP contribution in [0.25, 0.3) is 0 Å². The Balaban J connectivity index is 1.50. The molecular formula is C19H23ClN4OS2. The molecule has 0 radical (unpaired) electrons. The molecule has 4 rings (SSSR count). The van der Waals surface area contributed by atoms with E-state index in [-0.39, 0.29) is 12.1 Å². The van der Waals surface area contributed by atoms with Crippen LogP contribution in [0, 0.1) is 0 Å². The number of rotatable bonds is 6. The van der Waals surface area contributed by atoms with Gasteiger partial charge < -0.3 is 15.0 Å². The van der Waals surface area contributed by atoms with Gasteiger partial charge in [-0.3, -0.25) is 9.88 Å². The number of ether oxygens (including phenoxy) is 1. The zero-order chi connectivity index (χ0) is 18.6. The summed E-state index contributed by atoms with van der Waals surface area (Å²) in [4.78, 5) is 10.5. The van der Waals surface area contributed by atoms with Crippen molar-refractivity contribution in [2.24, 2.45) is 0 Å². The molecule has 0 saturated carbocycles. The fourth-order valence-corrected chi connectivity index (χ4v) is 5.28. The van der Waals surface area contributed by atoms with Crippen LogP contribution < -0.4 is 5.32 Å². The van der Waals surface area contributed by atoms with Crippen molar-refractivity contribution in [3.8, 4) is 0 Å². The molecule has 2 aromatic rings. The third kappa shape index (κ3) is 4.43. The third-order valence-corrected chi connectivity index (χ3v) is 6.71. The Morgan fingerprint density at radius 2 is 2.07 bits per heavy atom. The van der Waals surface area contributed by atoms with Crippen LogP contribution in [0.15, 0.2) is 36.5 Å². The van der Waals surface area contributed by atoms with Crippen molar-refractivity contribution in [2.45, 2.75) is 18.5 Å². The lowest BCUT2D eigenvalue weighted by Crippen LogP contribution is -2.38. The van der Waals surface area contributed by atoms with Crippen LogP contribution in [-0.2, 0) is 4.74 Å². The number of nitrogens with one attached hydrogen (secondary N) is 1. The summed E-state index contributed by atoms with van der Waals surface area (Å²) >= 11 is 13.6. The fraction of sp³-hybridized carbons (Fsp3) is 0.474. The SMILES string of the molecule is S=C1N[C@H](c2ccccn2)[C@H](c2ccc(Cl)s2)N1CCCN1CCOCC1. The summed E-state index contributed by atoms with van der Waals surface area (Å²) in [5.41, 5.74) is 1.00. The van der Waals surface area contributed by atoms with Gasteiger partial charge in [0.15, 0.2) is 5.11 Å². The number of aromatic nitrogens is 1. The second kappa shape index (κ2) is 8.84. The molecule has 0 unspecified atom stereocenters. The summed E-state index contributed by atoms with van der Waals surface area (Å²) in [6, 6.07) is 10.2. The number of hydrogen-bond acceptors (Lipinski definition) is 5. The first-order chi connectivity index (χ1) is 13.2. The van der Waals surface area contributed by atoms with Crippen LogP contribution in [-0.4, -0.2) is 59.3 Å². The van der Waals surface area contributed by atoms with Gasteiger partial charge in [-0.15, -0.1) is 11.3 Å². The normalized spacial score (nSPS) is 23.6. The van der Waals surface area contributed by atoms with E-state index in [2.05, 4.69) is 32.2 Å². The van der Waals surface area contributed by atoms with E-state index < -0.39 is 0 Å². The molecule has 2 atom stereocenters. The molecule has 2 fully saturated rings. The van der Waals surface area contributed by atoms with Crippen LogP contribution in [0.4, 0.5) is 0 Å². The van der Waals surface area contributed by atoms with Crippen molar-refractivity contribution in [2.75, 3.05) is 39.4 Å². The lowest BCUT2D eigenvalue weighted by atomic mass is 10.0. The van der Waals surface area contributed by atoms with Crippen molar-refractivity contribution >= 4 is 40.3 Å². The molecule has 0 aromatic carbocycles. The largest absolute Gasteiger partial charge is 0.379 e. The molecule has 144 valence electrons. The van der Waals surface area contributed by atoms with Crippen molar-refractivity contribution in [1.82, 2.24) is 20.1 Å². The van der Waals surface area contributed by atoms with Crippen LogP contribution in [0.5, 0.6) is 0 Å². The second-order valence-corrected chi connectivity index (χ2v) is 8.90. The molecule has 0 bridgehead atoms. The van der Waals surface area contributed by atoms with Gasteiger partial charge in [-0.1, -0.05) is 17.7 Å². The van der Waals surface area contributed by atoms with Gasteiger partial charge in [-0.2, -0.15) is 0 Å². The molecule has 2 saturated heterocycles. The van der Waals surface area contributed by atoms with Crippen molar-refractivity contribution in [3.63, 3.8) is 0 Å². The highest BCUT2D eigenvalue weighted by Gasteiger charge is 2.40. The number of hydrogen-bond donors (Lipinski definition) is 1. The van der Waals surface area contributed by atoms with E-state index in [1.54, 1.807) is 11.3 Å². The molecule has 5 nitrogen and oxygen atoms in total. The van der Waals surface area contributed by atoms with Gasteiger partial charge in [0, 0.05) is 37.3 Å². The quantitative estimate of drug-likeness (QED) is 0.718. The minimum Gasteiger partial charge on any atom is -0.379 e. The van der Waals surface area contributed by atoms with Crippen molar-refractivity contribution in [3.05, 3.63) is 51.4 Å². The van der Waals surface area contributed by atoms with Gasteiger partial charge in [0.1, 0.15) is 0 Å². The van der Waals surface area contributed by atoms with E-state index in [1.807, 2.05) is 24.4 Å². The van der Waals surface area contributed by atoms with E-state index >= 15 is 0 Å². The highest BCUT2D eigenvalue weighted by atomic mass is 35.5.